The molecule has 1 heterocycles. The van der Waals surface area contributed by atoms with E-state index in [2.05, 4.69) is 47.9 Å². The van der Waals surface area contributed by atoms with Gasteiger partial charge in [0.25, 0.3) is 0 Å². The molecule has 1 aliphatic carbocycles. The first-order valence-corrected chi connectivity index (χ1v) is 16.9. The van der Waals surface area contributed by atoms with Gasteiger partial charge in [-0.15, -0.1) is 24.8 Å². The number of para-hydroxylation sites is 2. The number of ether oxygens (including phenoxy) is 2. The lowest BCUT2D eigenvalue weighted by Crippen LogP contribution is -2.49. The van der Waals surface area contributed by atoms with E-state index in [0.717, 1.165) is 53.9 Å². The number of nitrogens with zero attached hydrogens (tertiary/aromatic N) is 2. The number of carbonyl (C=O) groups is 1. The standard InChI is InChI=1S/C37H54FN3O3.2ClH/c1-28(2)36-31-20-19-30(38)26-29(31)21-22-37(36,44-35(42)27-43-4)23-25-41(3)24-15-11-9-7-5-6-8-10-12-18-34-39-32-16-13-14-17-33(32)40-34;;/h13-14,16-17,19-20,26,28,36H,5-12,15,18,21-25,27H2,1-4H3,(H,39,40);2*1H/t36-,37-;;/m0../s1. The fraction of sp³-hybridized carbons (Fsp3) is 0.622. The smallest absolute Gasteiger partial charge is 0.332 e. The zero-order valence-corrected chi connectivity index (χ0v) is 30.0. The van der Waals surface area contributed by atoms with Gasteiger partial charge in [-0.05, 0) is 80.6 Å². The number of H-pyrrole nitrogens is 1. The molecule has 1 aliphatic rings. The average Bonchev–Trinajstić information content (AvgIpc) is 3.42. The van der Waals surface area contributed by atoms with Crippen molar-refractivity contribution in [1.29, 1.82) is 0 Å². The zero-order valence-electron chi connectivity index (χ0n) is 28.3. The molecule has 2 aromatic carbocycles. The van der Waals surface area contributed by atoms with Crippen LogP contribution < -0.4 is 0 Å². The summed E-state index contributed by atoms with van der Waals surface area (Å²) in [5, 5.41) is 0. The number of halogens is 3. The van der Waals surface area contributed by atoms with E-state index in [4.69, 9.17) is 9.47 Å². The first kappa shape index (κ1) is 40.0. The second-order valence-electron chi connectivity index (χ2n) is 13.2. The molecule has 46 heavy (non-hydrogen) atoms. The molecule has 0 amide bonds. The van der Waals surface area contributed by atoms with Gasteiger partial charge >= 0.3 is 5.97 Å². The normalized spacial score (nSPS) is 17.5. The summed E-state index contributed by atoms with van der Waals surface area (Å²) < 4.78 is 25.4. The number of methoxy groups -OCH3 is 1. The molecule has 1 N–H and O–H groups in total. The van der Waals surface area contributed by atoms with E-state index in [-0.39, 0.29) is 55.0 Å². The summed E-state index contributed by atoms with van der Waals surface area (Å²) in [4.78, 5) is 23.2. The van der Waals surface area contributed by atoms with Crippen LogP contribution in [0.15, 0.2) is 42.5 Å². The van der Waals surface area contributed by atoms with Crippen LogP contribution in [0.25, 0.3) is 11.0 Å². The summed E-state index contributed by atoms with van der Waals surface area (Å²) in [6.45, 7) is 6.19. The van der Waals surface area contributed by atoms with Crippen molar-refractivity contribution in [3.05, 3.63) is 65.2 Å². The Kier molecular flexibility index (Phi) is 17.6. The maximum Gasteiger partial charge on any atom is 0.332 e. The van der Waals surface area contributed by atoms with E-state index in [1.807, 2.05) is 18.2 Å². The van der Waals surface area contributed by atoms with Crippen molar-refractivity contribution in [1.82, 2.24) is 14.9 Å². The van der Waals surface area contributed by atoms with Gasteiger partial charge in [-0.3, -0.25) is 0 Å². The Balaban J connectivity index is 0.00000368. The lowest BCUT2D eigenvalue weighted by Gasteiger charge is -2.47. The third-order valence-electron chi connectivity index (χ3n) is 9.38. The van der Waals surface area contributed by atoms with E-state index in [0.29, 0.717) is 12.8 Å². The summed E-state index contributed by atoms with van der Waals surface area (Å²) in [5.41, 5.74) is 3.74. The van der Waals surface area contributed by atoms with Gasteiger partial charge < -0.3 is 19.4 Å². The number of esters is 1. The van der Waals surface area contributed by atoms with E-state index >= 15 is 0 Å². The maximum absolute atomic E-state index is 14.0. The minimum Gasteiger partial charge on any atom is -0.457 e. The second-order valence-corrected chi connectivity index (χ2v) is 13.2. The SMILES string of the molecule is COCC(=O)O[C@]1(CCN(C)CCCCCCCCCCCc2nc3ccccc3[nH]2)CCc2cc(F)ccc2[C@@H]1C(C)C.Cl.Cl. The lowest BCUT2D eigenvalue weighted by molar-refractivity contribution is -0.172. The zero-order chi connectivity index (χ0) is 31.4. The Morgan fingerprint density at radius 1 is 1.00 bits per heavy atom. The highest BCUT2D eigenvalue weighted by atomic mass is 35.5. The molecule has 0 unspecified atom stereocenters. The molecule has 9 heteroatoms. The molecule has 3 aromatic rings. The van der Waals surface area contributed by atoms with Crippen LogP contribution in [0.5, 0.6) is 0 Å². The van der Waals surface area contributed by atoms with Gasteiger partial charge in [0.05, 0.1) is 11.0 Å². The number of hydrogen-bond donors (Lipinski definition) is 1. The molecule has 4 rings (SSSR count). The molecular formula is C37H56Cl2FN3O3. The number of hydrogen-bond acceptors (Lipinski definition) is 5. The third kappa shape index (κ3) is 11.5. The molecule has 0 aliphatic heterocycles. The van der Waals surface area contributed by atoms with Gasteiger partial charge in [-0.2, -0.15) is 0 Å². The highest BCUT2D eigenvalue weighted by Gasteiger charge is 2.47. The Hall–Kier alpha value is -2.19. The number of fused-ring (bicyclic) bond motifs is 2. The van der Waals surface area contributed by atoms with Crippen molar-refractivity contribution in [2.24, 2.45) is 5.92 Å². The molecule has 0 fully saturated rings. The van der Waals surface area contributed by atoms with Crippen LogP contribution in [0.1, 0.15) is 107 Å². The van der Waals surface area contributed by atoms with Gasteiger partial charge in [0, 0.05) is 32.4 Å². The van der Waals surface area contributed by atoms with Crippen LogP contribution in [0.2, 0.25) is 0 Å². The van der Waals surface area contributed by atoms with E-state index in [1.54, 1.807) is 6.07 Å². The third-order valence-corrected chi connectivity index (χ3v) is 9.38. The fourth-order valence-corrected chi connectivity index (χ4v) is 7.19. The molecule has 1 aromatic heterocycles. The van der Waals surface area contributed by atoms with Crippen LogP contribution in [0.4, 0.5) is 4.39 Å². The molecule has 0 saturated carbocycles. The highest BCUT2D eigenvalue weighted by molar-refractivity contribution is 5.85. The average molecular weight is 681 g/mol. The number of unbranched alkanes of at least 4 members (excludes halogenated alkanes) is 8. The fourth-order valence-electron chi connectivity index (χ4n) is 7.19. The number of carbonyl (C=O) groups excluding carboxylic acids is 1. The van der Waals surface area contributed by atoms with Crippen molar-refractivity contribution in [2.45, 2.75) is 109 Å². The quantitative estimate of drug-likeness (QED) is 0.101. The molecule has 2 atom stereocenters. The minimum atomic E-state index is -0.616. The predicted octanol–water partition coefficient (Wildman–Crippen LogP) is 9.24. The van der Waals surface area contributed by atoms with Crippen LogP contribution in [-0.4, -0.2) is 60.3 Å². The summed E-state index contributed by atoms with van der Waals surface area (Å²) in [5.74, 6) is 0.851. The Labute approximate surface area is 288 Å². The van der Waals surface area contributed by atoms with Crippen molar-refractivity contribution >= 4 is 41.8 Å². The maximum atomic E-state index is 14.0. The molecule has 0 spiro atoms. The summed E-state index contributed by atoms with van der Waals surface area (Å²) in [6, 6.07) is 13.3. The number of rotatable bonds is 19. The van der Waals surface area contributed by atoms with Gasteiger partial charge in [0.15, 0.2) is 0 Å². The molecular weight excluding hydrogens is 624 g/mol. The second kappa shape index (κ2) is 20.2. The minimum absolute atomic E-state index is 0. The first-order valence-electron chi connectivity index (χ1n) is 16.9. The van der Waals surface area contributed by atoms with E-state index in [9.17, 15) is 9.18 Å². The monoisotopic (exact) mass is 679 g/mol. The van der Waals surface area contributed by atoms with E-state index < -0.39 is 5.60 Å². The van der Waals surface area contributed by atoms with Crippen LogP contribution in [0, 0.1) is 11.7 Å². The number of imidazole rings is 1. The van der Waals surface area contributed by atoms with Crippen LogP contribution in [-0.2, 0) is 27.1 Å². The molecule has 0 bridgehead atoms. The number of aromatic nitrogens is 2. The summed E-state index contributed by atoms with van der Waals surface area (Å²) >= 11 is 0. The van der Waals surface area contributed by atoms with Gasteiger partial charge in [0.1, 0.15) is 23.8 Å². The highest BCUT2D eigenvalue weighted by Crippen LogP contribution is 2.48. The Morgan fingerprint density at radius 2 is 1.67 bits per heavy atom. The van der Waals surface area contributed by atoms with Gasteiger partial charge in [-0.1, -0.05) is 77.0 Å². The van der Waals surface area contributed by atoms with Crippen LogP contribution >= 0.6 is 24.8 Å². The molecule has 6 nitrogen and oxygen atoms in total. The molecule has 258 valence electrons. The Bertz CT molecular complexity index is 1290. The predicted molar refractivity (Wildman–Crippen MR) is 191 cm³/mol. The summed E-state index contributed by atoms with van der Waals surface area (Å²) in [6.07, 6.45) is 14.6. The van der Waals surface area contributed by atoms with Crippen molar-refractivity contribution in [2.75, 3.05) is 33.9 Å². The largest absolute Gasteiger partial charge is 0.457 e. The van der Waals surface area contributed by atoms with Crippen molar-refractivity contribution < 1.29 is 18.7 Å². The summed E-state index contributed by atoms with van der Waals surface area (Å²) in [7, 11) is 3.69. The number of aryl methyl sites for hydroxylation is 2. The van der Waals surface area contributed by atoms with Crippen molar-refractivity contribution in [3.63, 3.8) is 0 Å². The lowest BCUT2D eigenvalue weighted by atomic mass is 9.65. The number of nitrogens with one attached hydrogen (secondary N) is 1. The number of benzene rings is 2. The van der Waals surface area contributed by atoms with E-state index in [1.165, 1.54) is 71.0 Å². The molecule has 0 saturated heterocycles. The molecule has 0 radical (unpaired) electrons. The van der Waals surface area contributed by atoms with Gasteiger partial charge in [0.2, 0.25) is 0 Å². The van der Waals surface area contributed by atoms with Gasteiger partial charge in [-0.25, -0.2) is 14.2 Å². The Morgan fingerprint density at radius 3 is 2.35 bits per heavy atom. The number of aromatic amines is 1. The first-order chi connectivity index (χ1) is 21.3. The van der Waals surface area contributed by atoms with Crippen LogP contribution in [0.3, 0.4) is 0 Å². The van der Waals surface area contributed by atoms with Crippen molar-refractivity contribution in [3.8, 4) is 0 Å². The topological polar surface area (TPSA) is 67.5 Å².